The summed E-state index contributed by atoms with van der Waals surface area (Å²) in [7, 11) is 0. The first-order valence-electron chi connectivity index (χ1n) is 5.14. The highest BCUT2D eigenvalue weighted by atomic mass is 16.4. The van der Waals surface area contributed by atoms with Gasteiger partial charge in [0.15, 0.2) is 5.54 Å². The quantitative estimate of drug-likeness (QED) is 0.769. The van der Waals surface area contributed by atoms with E-state index in [-0.39, 0.29) is 5.92 Å². The van der Waals surface area contributed by atoms with Gasteiger partial charge < -0.3 is 15.3 Å². The number of furan rings is 1. The molecule has 0 saturated heterocycles. The van der Waals surface area contributed by atoms with E-state index in [1.807, 2.05) is 19.9 Å². The number of carbonyl (C=O) groups is 1. The zero-order valence-electron chi connectivity index (χ0n) is 8.91. The molecule has 82 valence electrons. The van der Waals surface area contributed by atoms with Crippen molar-refractivity contribution in [2.75, 3.05) is 0 Å². The van der Waals surface area contributed by atoms with Crippen LogP contribution in [0.1, 0.15) is 30.9 Å². The molecule has 0 radical (unpaired) electrons. The molecule has 2 atom stereocenters. The molecule has 3 N–H and O–H groups in total. The van der Waals surface area contributed by atoms with Crippen LogP contribution in [0.4, 0.5) is 0 Å². The number of aliphatic carboxylic acids is 1. The van der Waals surface area contributed by atoms with E-state index in [1.54, 1.807) is 0 Å². The molecule has 4 nitrogen and oxygen atoms in total. The van der Waals surface area contributed by atoms with Crippen LogP contribution < -0.4 is 5.73 Å². The minimum atomic E-state index is -1.34. The van der Waals surface area contributed by atoms with Gasteiger partial charge in [-0.3, -0.25) is 0 Å². The highest BCUT2D eigenvalue weighted by molar-refractivity contribution is 5.81. The van der Waals surface area contributed by atoms with Crippen molar-refractivity contribution in [3.05, 3.63) is 23.2 Å². The topological polar surface area (TPSA) is 76.5 Å². The Balaban J connectivity index is 2.52. The minimum absolute atomic E-state index is 0.116. The third-order valence-corrected chi connectivity index (χ3v) is 3.24. The Hall–Kier alpha value is -1.29. The van der Waals surface area contributed by atoms with Crippen molar-refractivity contribution in [1.29, 1.82) is 0 Å². The molecule has 0 aliphatic heterocycles. The standard InChI is InChI=1S/C11H15NO3/c1-3-8-5-7-4-6(2)11(12,10(13)14)9(7)15-8/h5-6H,3-4,12H2,1-2H3,(H,13,14). The predicted octanol–water partition coefficient (Wildman–Crippen LogP) is 1.27. The van der Waals surface area contributed by atoms with Crippen LogP contribution in [0.25, 0.3) is 0 Å². The van der Waals surface area contributed by atoms with Crippen molar-refractivity contribution in [1.82, 2.24) is 0 Å². The van der Waals surface area contributed by atoms with Gasteiger partial charge in [0.1, 0.15) is 11.5 Å². The summed E-state index contributed by atoms with van der Waals surface area (Å²) in [5.74, 6) is 0.128. The van der Waals surface area contributed by atoms with Gasteiger partial charge in [-0.15, -0.1) is 0 Å². The van der Waals surface area contributed by atoms with Crippen LogP contribution in [0.15, 0.2) is 10.5 Å². The molecule has 15 heavy (non-hydrogen) atoms. The number of nitrogens with two attached hydrogens (primary N) is 1. The van der Waals surface area contributed by atoms with Crippen molar-refractivity contribution < 1.29 is 14.3 Å². The van der Waals surface area contributed by atoms with Gasteiger partial charge in [-0.05, 0) is 24.0 Å². The maximum absolute atomic E-state index is 11.2. The van der Waals surface area contributed by atoms with Gasteiger partial charge in [0.2, 0.25) is 0 Å². The highest BCUT2D eigenvalue weighted by Gasteiger charge is 2.51. The molecule has 0 amide bonds. The molecule has 1 aromatic heterocycles. The maximum atomic E-state index is 11.2. The Kier molecular flexibility index (Phi) is 2.12. The van der Waals surface area contributed by atoms with Gasteiger partial charge in [0.05, 0.1) is 0 Å². The van der Waals surface area contributed by atoms with E-state index in [1.165, 1.54) is 0 Å². The molecule has 0 fully saturated rings. The number of fused-ring (bicyclic) bond motifs is 1. The first-order chi connectivity index (χ1) is 7.00. The Bertz CT molecular complexity index is 410. The van der Waals surface area contributed by atoms with Crippen LogP contribution in [0.3, 0.4) is 0 Å². The lowest BCUT2D eigenvalue weighted by Crippen LogP contribution is -2.47. The second-order valence-corrected chi connectivity index (χ2v) is 4.20. The van der Waals surface area contributed by atoms with Crippen LogP contribution in [-0.2, 0) is 23.2 Å². The average molecular weight is 209 g/mol. The molecule has 4 heteroatoms. The summed E-state index contributed by atoms with van der Waals surface area (Å²) >= 11 is 0. The number of aryl methyl sites for hydroxylation is 1. The number of rotatable bonds is 2. The molecular formula is C11H15NO3. The molecule has 1 aliphatic carbocycles. The molecule has 1 aliphatic rings. The van der Waals surface area contributed by atoms with Crippen LogP contribution in [0, 0.1) is 5.92 Å². The molecule has 2 rings (SSSR count). The van der Waals surface area contributed by atoms with E-state index in [0.717, 1.165) is 17.7 Å². The Morgan fingerprint density at radius 3 is 3.00 bits per heavy atom. The summed E-state index contributed by atoms with van der Waals surface area (Å²) in [6.07, 6.45) is 1.44. The maximum Gasteiger partial charge on any atom is 0.331 e. The summed E-state index contributed by atoms with van der Waals surface area (Å²) in [5, 5.41) is 9.19. The number of hydrogen-bond donors (Lipinski definition) is 2. The average Bonchev–Trinajstić information content (AvgIpc) is 2.67. The Morgan fingerprint density at radius 2 is 2.47 bits per heavy atom. The van der Waals surface area contributed by atoms with Crippen molar-refractivity contribution in [3.63, 3.8) is 0 Å². The minimum Gasteiger partial charge on any atom is -0.480 e. The molecule has 0 spiro atoms. The Morgan fingerprint density at radius 1 is 1.80 bits per heavy atom. The fourth-order valence-corrected chi connectivity index (χ4v) is 2.18. The monoisotopic (exact) mass is 209 g/mol. The molecule has 2 unspecified atom stereocenters. The van der Waals surface area contributed by atoms with Crippen LogP contribution in [0.2, 0.25) is 0 Å². The lowest BCUT2D eigenvalue weighted by molar-refractivity contribution is -0.146. The predicted molar refractivity (Wildman–Crippen MR) is 54.5 cm³/mol. The van der Waals surface area contributed by atoms with Gasteiger partial charge in [-0.2, -0.15) is 0 Å². The molecule has 1 heterocycles. The zero-order valence-corrected chi connectivity index (χ0v) is 8.91. The third kappa shape index (κ3) is 1.21. The van der Waals surface area contributed by atoms with Crippen molar-refractivity contribution >= 4 is 5.97 Å². The van der Waals surface area contributed by atoms with Crippen LogP contribution in [0.5, 0.6) is 0 Å². The summed E-state index contributed by atoms with van der Waals surface area (Å²) < 4.78 is 5.52. The fraction of sp³-hybridized carbons (Fsp3) is 0.545. The lowest BCUT2D eigenvalue weighted by atomic mass is 9.89. The second-order valence-electron chi connectivity index (χ2n) is 4.20. The molecular weight excluding hydrogens is 194 g/mol. The van der Waals surface area contributed by atoms with Crippen molar-refractivity contribution in [2.45, 2.75) is 32.2 Å². The molecule has 1 aromatic rings. The van der Waals surface area contributed by atoms with E-state index in [9.17, 15) is 9.90 Å². The van der Waals surface area contributed by atoms with Crippen LogP contribution in [-0.4, -0.2) is 11.1 Å². The first-order valence-corrected chi connectivity index (χ1v) is 5.14. The number of carboxylic acid groups (broad SMARTS) is 1. The molecule has 0 bridgehead atoms. The normalized spacial score (nSPS) is 29.1. The van der Waals surface area contributed by atoms with E-state index < -0.39 is 11.5 Å². The zero-order chi connectivity index (χ0) is 11.2. The largest absolute Gasteiger partial charge is 0.480 e. The molecule has 0 saturated carbocycles. The van der Waals surface area contributed by atoms with E-state index in [2.05, 4.69) is 0 Å². The van der Waals surface area contributed by atoms with Crippen molar-refractivity contribution in [3.8, 4) is 0 Å². The fourth-order valence-electron chi connectivity index (χ4n) is 2.18. The number of hydrogen-bond acceptors (Lipinski definition) is 3. The Labute approximate surface area is 88.1 Å². The summed E-state index contributed by atoms with van der Waals surface area (Å²) in [6.45, 7) is 3.81. The van der Waals surface area contributed by atoms with Gasteiger partial charge in [-0.25, -0.2) is 4.79 Å². The van der Waals surface area contributed by atoms with Gasteiger partial charge >= 0.3 is 5.97 Å². The van der Waals surface area contributed by atoms with Gasteiger partial charge in [0.25, 0.3) is 0 Å². The second kappa shape index (κ2) is 3.10. The summed E-state index contributed by atoms with van der Waals surface area (Å²) in [4.78, 5) is 11.2. The number of carboxylic acids is 1. The van der Waals surface area contributed by atoms with Gasteiger partial charge in [0, 0.05) is 6.42 Å². The van der Waals surface area contributed by atoms with E-state index in [0.29, 0.717) is 12.2 Å². The smallest absolute Gasteiger partial charge is 0.331 e. The SMILES string of the molecule is CCc1cc2c(o1)C(N)(C(=O)O)C(C)C2. The molecule has 0 aromatic carbocycles. The third-order valence-electron chi connectivity index (χ3n) is 3.24. The lowest BCUT2D eigenvalue weighted by Gasteiger charge is -2.23. The summed E-state index contributed by atoms with van der Waals surface area (Å²) in [6, 6.07) is 1.92. The highest BCUT2D eigenvalue weighted by Crippen LogP contribution is 2.41. The van der Waals surface area contributed by atoms with Gasteiger partial charge in [-0.1, -0.05) is 13.8 Å². The van der Waals surface area contributed by atoms with Crippen molar-refractivity contribution in [2.24, 2.45) is 11.7 Å². The summed E-state index contributed by atoms with van der Waals surface area (Å²) in [5.41, 5.74) is 5.54. The van der Waals surface area contributed by atoms with E-state index >= 15 is 0 Å². The van der Waals surface area contributed by atoms with E-state index in [4.69, 9.17) is 10.2 Å². The first kappa shape index (κ1) is 10.2. The van der Waals surface area contributed by atoms with Crippen LogP contribution >= 0.6 is 0 Å².